The zero-order valence-electron chi connectivity index (χ0n) is 9.62. The fourth-order valence-corrected chi connectivity index (χ4v) is 2.36. The Morgan fingerprint density at radius 2 is 2.05 bits per heavy atom. The molecule has 0 radical (unpaired) electrons. The number of sulfonamides is 1. The van der Waals surface area contributed by atoms with Gasteiger partial charge in [-0.15, -0.1) is 0 Å². The molecule has 1 aromatic heterocycles. The maximum absolute atomic E-state index is 11.9. The summed E-state index contributed by atoms with van der Waals surface area (Å²) < 4.78 is 26.2. The van der Waals surface area contributed by atoms with Crippen molar-refractivity contribution in [1.29, 1.82) is 0 Å². The highest BCUT2D eigenvalue weighted by atomic mass is 32.2. The van der Waals surface area contributed by atoms with Crippen LogP contribution in [0.3, 0.4) is 0 Å². The van der Waals surface area contributed by atoms with E-state index < -0.39 is 16.1 Å². The Kier molecular flexibility index (Phi) is 3.38. The smallest absolute Gasteiger partial charge is 0.316 e. The highest BCUT2D eigenvalue weighted by Gasteiger charge is 2.15. The van der Waals surface area contributed by atoms with E-state index in [4.69, 9.17) is 5.73 Å². The van der Waals surface area contributed by atoms with Gasteiger partial charge in [-0.05, 0) is 18.2 Å². The third-order valence-electron chi connectivity index (χ3n) is 2.17. The van der Waals surface area contributed by atoms with Crippen LogP contribution >= 0.6 is 0 Å². The Bertz CT molecular complexity index is 681. The molecule has 0 aliphatic heterocycles. The average molecular weight is 281 g/mol. The van der Waals surface area contributed by atoms with Crippen LogP contribution < -0.4 is 15.8 Å². The maximum atomic E-state index is 11.9. The molecule has 100 valence electrons. The first-order valence-corrected chi connectivity index (χ1v) is 6.64. The number of aromatic amines is 1. The fraction of sp³-hybridized carbons (Fsp3) is 0. The number of aromatic nitrogens is 2. The number of hydrogen-bond donors (Lipinski definition) is 4. The lowest BCUT2D eigenvalue weighted by atomic mass is 10.3. The number of urea groups is 1. The minimum atomic E-state index is -3.70. The maximum Gasteiger partial charge on any atom is 0.316 e. The van der Waals surface area contributed by atoms with Crippen LogP contribution in [0.1, 0.15) is 0 Å². The molecule has 19 heavy (non-hydrogen) atoms. The number of hydrogen-bond acceptors (Lipinski definition) is 4. The van der Waals surface area contributed by atoms with Gasteiger partial charge < -0.3 is 11.1 Å². The highest BCUT2D eigenvalue weighted by molar-refractivity contribution is 7.92. The first-order valence-electron chi connectivity index (χ1n) is 5.15. The van der Waals surface area contributed by atoms with Crippen molar-refractivity contribution >= 4 is 27.4 Å². The summed E-state index contributed by atoms with van der Waals surface area (Å²) in [4.78, 5) is 10.7. The van der Waals surface area contributed by atoms with E-state index >= 15 is 0 Å². The number of carbonyl (C=O) groups excluding carboxylic acids is 1. The van der Waals surface area contributed by atoms with E-state index in [1.165, 1.54) is 18.5 Å². The zero-order chi connectivity index (χ0) is 13.9. The van der Waals surface area contributed by atoms with Crippen molar-refractivity contribution in [2.75, 3.05) is 10.0 Å². The number of nitrogens with zero attached hydrogens (tertiary/aromatic N) is 1. The predicted octanol–water partition coefficient (Wildman–Crippen LogP) is 0.701. The quantitative estimate of drug-likeness (QED) is 0.657. The average Bonchev–Trinajstić information content (AvgIpc) is 2.81. The summed E-state index contributed by atoms with van der Waals surface area (Å²) in [6.45, 7) is 0. The van der Waals surface area contributed by atoms with Gasteiger partial charge in [0.25, 0.3) is 10.0 Å². The number of amides is 2. The van der Waals surface area contributed by atoms with Crippen LogP contribution in [-0.2, 0) is 10.0 Å². The minimum Gasteiger partial charge on any atom is -0.351 e. The van der Waals surface area contributed by atoms with E-state index in [-0.39, 0.29) is 4.90 Å². The molecule has 0 spiro atoms. The Hall–Kier alpha value is -2.55. The number of benzene rings is 1. The molecule has 0 aliphatic rings. The van der Waals surface area contributed by atoms with Gasteiger partial charge in [-0.3, -0.25) is 9.82 Å². The summed E-state index contributed by atoms with van der Waals surface area (Å²) in [5, 5.41) is 8.34. The van der Waals surface area contributed by atoms with Crippen molar-refractivity contribution in [3.05, 3.63) is 36.7 Å². The van der Waals surface area contributed by atoms with Crippen LogP contribution in [-0.4, -0.2) is 24.6 Å². The molecule has 0 unspecified atom stereocenters. The van der Waals surface area contributed by atoms with Gasteiger partial charge in [-0.1, -0.05) is 6.07 Å². The van der Waals surface area contributed by atoms with Gasteiger partial charge in [0.2, 0.25) is 0 Å². The number of carbonyl (C=O) groups is 1. The largest absolute Gasteiger partial charge is 0.351 e. The second-order valence-corrected chi connectivity index (χ2v) is 5.29. The number of primary amides is 1. The van der Waals surface area contributed by atoms with E-state index in [1.54, 1.807) is 18.2 Å². The topological polar surface area (TPSA) is 130 Å². The van der Waals surface area contributed by atoms with Crippen LogP contribution in [0.15, 0.2) is 41.6 Å². The van der Waals surface area contributed by atoms with E-state index in [0.29, 0.717) is 11.4 Å². The number of nitrogens with one attached hydrogen (secondary N) is 3. The molecule has 0 saturated heterocycles. The summed E-state index contributed by atoms with van der Waals surface area (Å²) in [5.74, 6) is 0. The molecule has 2 rings (SSSR count). The van der Waals surface area contributed by atoms with Crippen LogP contribution in [0.5, 0.6) is 0 Å². The summed E-state index contributed by atoms with van der Waals surface area (Å²) in [6.07, 6.45) is 2.45. The minimum absolute atomic E-state index is 0.0146. The van der Waals surface area contributed by atoms with E-state index in [9.17, 15) is 13.2 Å². The summed E-state index contributed by atoms with van der Waals surface area (Å²) >= 11 is 0. The zero-order valence-corrected chi connectivity index (χ0v) is 10.4. The van der Waals surface area contributed by atoms with E-state index in [1.807, 2.05) is 0 Å². The van der Waals surface area contributed by atoms with Crippen molar-refractivity contribution in [3.63, 3.8) is 0 Å². The lowest BCUT2D eigenvalue weighted by molar-refractivity contribution is 0.259. The van der Waals surface area contributed by atoms with E-state index in [0.717, 1.165) is 0 Å². The molecule has 0 bridgehead atoms. The Morgan fingerprint density at radius 1 is 1.32 bits per heavy atom. The number of H-pyrrole nitrogens is 1. The van der Waals surface area contributed by atoms with Gasteiger partial charge in [0, 0.05) is 11.9 Å². The molecule has 2 aromatic rings. The lowest BCUT2D eigenvalue weighted by Gasteiger charge is -2.08. The molecule has 0 aliphatic carbocycles. The van der Waals surface area contributed by atoms with E-state index in [2.05, 4.69) is 20.2 Å². The molecular formula is C10H11N5O3S. The van der Waals surface area contributed by atoms with Crippen molar-refractivity contribution in [1.82, 2.24) is 10.2 Å². The molecule has 0 fully saturated rings. The number of rotatable bonds is 4. The number of anilines is 2. The monoisotopic (exact) mass is 281 g/mol. The molecule has 1 aromatic carbocycles. The SMILES string of the molecule is NC(=O)Nc1cccc(NS(=O)(=O)c2cn[nH]c2)c1. The van der Waals surface area contributed by atoms with Crippen molar-refractivity contribution in [2.24, 2.45) is 5.73 Å². The summed E-state index contributed by atoms with van der Waals surface area (Å²) in [6, 6.07) is 5.43. The molecule has 0 atom stereocenters. The third-order valence-corrected chi connectivity index (χ3v) is 3.51. The van der Waals surface area contributed by atoms with Gasteiger partial charge in [0.15, 0.2) is 0 Å². The van der Waals surface area contributed by atoms with Gasteiger partial charge in [-0.2, -0.15) is 5.10 Å². The predicted molar refractivity (Wildman–Crippen MR) is 69.0 cm³/mol. The third kappa shape index (κ3) is 3.22. The second-order valence-electron chi connectivity index (χ2n) is 3.61. The van der Waals surface area contributed by atoms with Gasteiger partial charge in [-0.25, -0.2) is 13.2 Å². The Morgan fingerprint density at radius 3 is 2.68 bits per heavy atom. The summed E-state index contributed by atoms with van der Waals surface area (Å²) in [5.41, 5.74) is 5.67. The molecule has 8 nitrogen and oxygen atoms in total. The van der Waals surface area contributed by atoms with Crippen LogP contribution in [0.2, 0.25) is 0 Å². The van der Waals surface area contributed by atoms with Crippen LogP contribution in [0.25, 0.3) is 0 Å². The molecule has 1 heterocycles. The van der Waals surface area contributed by atoms with Crippen LogP contribution in [0.4, 0.5) is 16.2 Å². The molecular weight excluding hydrogens is 270 g/mol. The first-order chi connectivity index (χ1) is 8.97. The van der Waals surface area contributed by atoms with Crippen LogP contribution in [0, 0.1) is 0 Å². The standard InChI is InChI=1S/C10H11N5O3S/c11-10(16)14-7-2-1-3-8(4-7)15-19(17,18)9-5-12-13-6-9/h1-6,15H,(H,12,13)(H3,11,14,16). The number of nitrogens with two attached hydrogens (primary N) is 1. The van der Waals surface area contributed by atoms with Crippen molar-refractivity contribution in [3.8, 4) is 0 Å². The summed E-state index contributed by atoms with van der Waals surface area (Å²) in [7, 11) is -3.70. The normalized spacial score (nSPS) is 10.9. The first kappa shape index (κ1) is 12.9. The van der Waals surface area contributed by atoms with Gasteiger partial charge in [0.05, 0.1) is 11.9 Å². The molecule has 0 saturated carbocycles. The lowest BCUT2D eigenvalue weighted by Crippen LogP contribution is -2.19. The van der Waals surface area contributed by atoms with Crippen molar-refractivity contribution < 1.29 is 13.2 Å². The van der Waals surface area contributed by atoms with Crippen molar-refractivity contribution in [2.45, 2.75) is 4.90 Å². The van der Waals surface area contributed by atoms with Gasteiger partial charge in [0.1, 0.15) is 4.90 Å². The highest BCUT2D eigenvalue weighted by Crippen LogP contribution is 2.18. The molecule has 9 heteroatoms. The Labute approximate surface area is 109 Å². The second kappa shape index (κ2) is 4.98. The van der Waals surface area contributed by atoms with Gasteiger partial charge >= 0.3 is 6.03 Å². The molecule has 2 amide bonds. The fourth-order valence-electron chi connectivity index (χ4n) is 1.40. The molecule has 5 N–H and O–H groups in total. The Balaban J connectivity index is 2.22.